The van der Waals surface area contributed by atoms with Gasteiger partial charge in [-0.15, -0.1) is 0 Å². The number of aliphatic imine (C=N–C) groups is 1. The fourth-order valence-corrected chi connectivity index (χ4v) is 3.96. The molecule has 1 aliphatic rings. The molecule has 9 heteroatoms. The third-order valence-electron chi connectivity index (χ3n) is 6.04. The van der Waals surface area contributed by atoms with E-state index in [0.717, 1.165) is 17.2 Å². The second-order valence-corrected chi connectivity index (χ2v) is 8.66. The van der Waals surface area contributed by atoms with Crippen LogP contribution >= 0.6 is 0 Å². The lowest BCUT2D eigenvalue weighted by Crippen LogP contribution is -2.50. The highest BCUT2D eigenvalue weighted by Gasteiger charge is 2.31. The highest BCUT2D eigenvalue weighted by molar-refractivity contribution is 5.95. The number of anilines is 2. The zero-order valence-electron chi connectivity index (χ0n) is 19.8. The molecule has 6 nitrogen and oxygen atoms in total. The summed E-state index contributed by atoms with van der Waals surface area (Å²) >= 11 is 0. The predicted molar refractivity (Wildman–Crippen MR) is 135 cm³/mol. The number of halogens is 3. The van der Waals surface area contributed by atoms with Crippen molar-refractivity contribution in [3.05, 3.63) is 95.1 Å². The second-order valence-electron chi connectivity index (χ2n) is 8.66. The monoisotopic (exact) mass is 496 g/mol. The summed E-state index contributed by atoms with van der Waals surface area (Å²) in [5.74, 6) is -0.372. The zero-order chi connectivity index (χ0) is 25.7. The Balaban J connectivity index is 1.50. The summed E-state index contributed by atoms with van der Waals surface area (Å²) in [7, 11) is 0. The number of hydrogen-bond donors (Lipinski definition) is 2. The molecule has 2 N–H and O–H groups in total. The van der Waals surface area contributed by atoms with Crippen LogP contribution in [0.5, 0.6) is 0 Å². The number of nitrogens with zero attached hydrogens (tertiary/aromatic N) is 3. The Hall–Kier alpha value is -4.01. The van der Waals surface area contributed by atoms with Crippen LogP contribution in [-0.4, -0.2) is 48.1 Å². The first kappa shape index (κ1) is 25.1. The van der Waals surface area contributed by atoms with Crippen molar-refractivity contribution >= 4 is 23.3 Å². The molecule has 0 amide bonds. The van der Waals surface area contributed by atoms with Gasteiger partial charge < -0.3 is 20.2 Å². The number of aryl methyl sites for hydroxylation is 1. The number of guanidine groups is 1. The van der Waals surface area contributed by atoms with E-state index < -0.39 is 17.7 Å². The number of carbonyl (C=O) groups is 1. The van der Waals surface area contributed by atoms with Crippen LogP contribution < -0.4 is 10.2 Å². The molecule has 1 saturated heterocycles. The summed E-state index contributed by atoms with van der Waals surface area (Å²) < 4.78 is 39.4. The summed E-state index contributed by atoms with van der Waals surface area (Å²) in [5, 5.41) is 12.4. The van der Waals surface area contributed by atoms with Gasteiger partial charge in [0, 0.05) is 37.6 Å². The Morgan fingerprint density at radius 1 is 0.972 bits per heavy atom. The van der Waals surface area contributed by atoms with Crippen LogP contribution in [0, 0.1) is 6.92 Å². The molecule has 188 valence electrons. The number of nitrogens with one attached hydrogen (secondary N) is 1. The topological polar surface area (TPSA) is 68.2 Å². The minimum Gasteiger partial charge on any atom is -0.478 e. The summed E-state index contributed by atoms with van der Waals surface area (Å²) in [4.78, 5) is 20.0. The average molecular weight is 497 g/mol. The number of piperazine rings is 1. The van der Waals surface area contributed by atoms with Crippen molar-refractivity contribution in [3.63, 3.8) is 0 Å². The van der Waals surface area contributed by atoms with E-state index in [0.29, 0.717) is 50.1 Å². The summed E-state index contributed by atoms with van der Waals surface area (Å²) in [6.07, 6.45) is -4.38. The molecule has 3 aromatic rings. The molecule has 3 aromatic carbocycles. The minimum atomic E-state index is -4.38. The van der Waals surface area contributed by atoms with Crippen molar-refractivity contribution in [1.29, 1.82) is 0 Å². The van der Waals surface area contributed by atoms with Crippen molar-refractivity contribution in [2.75, 3.05) is 36.4 Å². The first-order chi connectivity index (χ1) is 17.2. The lowest BCUT2D eigenvalue weighted by Gasteiger charge is -2.38. The minimum absolute atomic E-state index is 0.188. The molecule has 4 rings (SSSR count). The molecule has 1 fully saturated rings. The number of carboxylic acid groups (broad SMARTS) is 1. The average Bonchev–Trinajstić information content (AvgIpc) is 2.87. The van der Waals surface area contributed by atoms with Crippen molar-refractivity contribution < 1.29 is 23.1 Å². The molecule has 0 radical (unpaired) electrons. The van der Waals surface area contributed by atoms with Gasteiger partial charge in [-0.25, -0.2) is 9.79 Å². The first-order valence-electron chi connectivity index (χ1n) is 11.6. The van der Waals surface area contributed by atoms with Crippen LogP contribution in [0.1, 0.15) is 27.0 Å². The maximum atomic E-state index is 13.1. The second kappa shape index (κ2) is 10.7. The lowest BCUT2D eigenvalue weighted by molar-refractivity contribution is -0.137. The van der Waals surface area contributed by atoms with Gasteiger partial charge in [0.1, 0.15) is 0 Å². The Kier molecular flexibility index (Phi) is 7.47. The molecular formula is C27H27F3N4O2. The van der Waals surface area contributed by atoms with Gasteiger partial charge in [0.05, 0.1) is 17.7 Å². The fourth-order valence-electron chi connectivity index (χ4n) is 3.96. The van der Waals surface area contributed by atoms with Gasteiger partial charge in [-0.1, -0.05) is 35.9 Å². The summed E-state index contributed by atoms with van der Waals surface area (Å²) in [5.41, 5.74) is 2.97. The van der Waals surface area contributed by atoms with Crippen molar-refractivity contribution in [3.8, 4) is 0 Å². The van der Waals surface area contributed by atoms with E-state index in [1.165, 1.54) is 24.3 Å². The van der Waals surface area contributed by atoms with Gasteiger partial charge in [-0.3, -0.25) is 0 Å². The molecule has 0 unspecified atom stereocenters. The van der Waals surface area contributed by atoms with Gasteiger partial charge >= 0.3 is 12.1 Å². The largest absolute Gasteiger partial charge is 0.478 e. The number of aromatic carboxylic acids is 1. The Bertz CT molecular complexity index is 1220. The maximum Gasteiger partial charge on any atom is 0.416 e. The predicted octanol–water partition coefficient (Wildman–Crippen LogP) is 5.50. The molecular weight excluding hydrogens is 469 g/mol. The standard InChI is InChI=1S/C27H27F3N4O2/c1-19-5-7-20(8-6-19)18-31-26(32-23-11-9-21(10-12-23)25(35)36)34-15-13-33(14-16-34)24-4-2-3-22(17-24)27(28,29)30/h2-12,17H,13-16,18H2,1H3,(H,31,32)(H,35,36). The normalized spacial score (nSPS) is 14.6. The molecule has 36 heavy (non-hydrogen) atoms. The highest BCUT2D eigenvalue weighted by Crippen LogP contribution is 2.32. The first-order valence-corrected chi connectivity index (χ1v) is 11.6. The molecule has 0 aromatic heterocycles. The Labute approximate surface area is 207 Å². The molecule has 0 saturated carbocycles. The maximum absolute atomic E-state index is 13.1. The van der Waals surface area contributed by atoms with Crippen molar-refractivity contribution in [2.24, 2.45) is 4.99 Å². The van der Waals surface area contributed by atoms with E-state index >= 15 is 0 Å². The van der Waals surface area contributed by atoms with E-state index in [1.807, 2.05) is 36.1 Å². The van der Waals surface area contributed by atoms with Gasteiger partial charge in [-0.2, -0.15) is 13.2 Å². The quantitative estimate of drug-likeness (QED) is 0.361. The van der Waals surface area contributed by atoms with Crippen LogP contribution in [0.2, 0.25) is 0 Å². The van der Waals surface area contributed by atoms with Gasteiger partial charge in [0.15, 0.2) is 5.96 Å². The molecule has 0 bridgehead atoms. The van der Waals surface area contributed by atoms with Crippen LogP contribution in [0.3, 0.4) is 0 Å². The van der Waals surface area contributed by atoms with Crippen LogP contribution in [0.4, 0.5) is 24.5 Å². The van der Waals surface area contributed by atoms with E-state index in [9.17, 15) is 18.0 Å². The SMILES string of the molecule is Cc1ccc(CN=C(Nc2ccc(C(=O)O)cc2)N2CCN(c3cccc(C(F)(F)F)c3)CC2)cc1. The van der Waals surface area contributed by atoms with Gasteiger partial charge in [-0.05, 0) is 55.0 Å². The lowest BCUT2D eigenvalue weighted by atomic mass is 10.1. The van der Waals surface area contributed by atoms with E-state index in [4.69, 9.17) is 10.1 Å². The van der Waals surface area contributed by atoms with E-state index in [1.54, 1.807) is 18.2 Å². The summed E-state index contributed by atoms with van der Waals surface area (Å²) in [6, 6.07) is 19.9. The molecule has 0 atom stereocenters. The molecule has 0 aliphatic carbocycles. The number of rotatable bonds is 5. The van der Waals surface area contributed by atoms with Crippen LogP contribution in [0.25, 0.3) is 0 Å². The van der Waals surface area contributed by atoms with Crippen molar-refractivity contribution in [2.45, 2.75) is 19.6 Å². The molecule has 1 aliphatic heterocycles. The highest BCUT2D eigenvalue weighted by atomic mass is 19.4. The van der Waals surface area contributed by atoms with E-state index in [-0.39, 0.29) is 5.56 Å². The van der Waals surface area contributed by atoms with E-state index in [2.05, 4.69) is 10.2 Å². The number of alkyl halides is 3. The van der Waals surface area contributed by atoms with Crippen LogP contribution in [0.15, 0.2) is 77.8 Å². The van der Waals surface area contributed by atoms with Gasteiger partial charge in [0.2, 0.25) is 0 Å². The van der Waals surface area contributed by atoms with Gasteiger partial charge in [0.25, 0.3) is 0 Å². The third-order valence-corrected chi connectivity index (χ3v) is 6.04. The molecule has 0 spiro atoms. The zero-order valence-corrected chi connectivity index (χ0v) is 19.8. The fraction of sp³-hybridized carbons (Fsp3) is 0.259. The number of hydrogen-bond acceptors (Lipinski definition) is 3. The number of carboxylic acids is 1. The smallest absolute Gasteiger partial charge is 0.416 e. The number of benzene rings is 3. The third kappa shape index (κ3) is 6.35. The summed E-state index contributed by atoms with van der Waals surface area (Å²) in [6.45, 7) is 4.65. The Morgan fingerprint density at radius 3 is 2.25 bits per heavy atom. The Morgan fingerprint density at radius 2 is 1.64 bits per heavy atom. The van der Waals surface area contributed by atoms with Crippen molar-refractivity contribution in [1.82, 2.24) is 4.90 Å². The van der Waals surface area contributed by atoms with Crippen LogP contribution in [-0.2, 0) is 12.7 Å². The molecule has 1 heterocycles.